The summed E-state index contributed by atoms with van der Waals surface area (Å²) in [6, 6.07) is 4.13. The molecular formula is C19H19F3N4O3S2. The Balaban J connectivity index is 1.87. The van der Waals surface area contributed by atoms with E-state index in [1.807, 2.05) is 0 Å². The lowest BCUT2D eigenvalue weighted by molar-refractivity contribution is -0.137. The molecule has 0 unspecified atom stereocenters. The molecule has 0 aromatic heterocycles. The van der Waals surface area contributed by atoms with Crippen LogP contribution < -0.4 is 4.90 Å². The van der Waals surface area contributed by atoms with Crippen LogP contribution in [0.2, 0.25) is 0 Å². The van der Waals surface area contributed by atoms with Gasteiger partial charge in [0.25, 0.3) is 5.91 Å². The number of piperidine rings is 1. The van der Waals surface area contributed by atoms with Crippen molar-refractivity contribution in [1.82, 2.24) is 9.21 Å². The standard InChI is InChI=1S/C19H19F3N4O3S2/c1-3-31(28,29)24-8-6-14(7-9-24)25-12(2)17(27)26(18(25)30)15-5-4-13(11-23)16(10-15)19(20,21)22/h4-5,10,14H,2-3,6-9H2,1H3. The first-order chi connectivity index (χ1) is 14.4. The van der Waals surface area contributed by atoms with Gasteiger partial charge in [0.15, 0.2) is 5.11 Å². The highest BCUT2D eigenvalue weighted by atomic mass is 32.2. The fourth-order valence-electron chi connectivity index (χ4n) is 3.71. The van der Waals surface area contributed by atoms with Crippen LogP contribution in [-0.4, -0.2) is 53.5 Å². The molecule has 0 atom stereocenters. The van der Waals surface area contributed by atoms with E-state index >= 15 is 0 Å². The molecule has 7 nitrogen and oxygen atoms in total. The Bertz CT molecular complexity index is 1090. The number of halogens is 3. The number of hydrogen-bond acceptors (Lipinski definition) is 5. The maximum absolute atomic E-state index is 13.3. The van der Waals surface area contributed by atoms with Crippen LogP contribution in [0.4, 0.5) is 18.9 Å². The first kappa shape index (κ1) is 23.2. The van der Waals surface area contributed by atoms with Crippen LogP contribution in [-0.2, 0) is 21.0 Å². The summed E-state index contributed by atoms with van der Waals surface area (Å²) in [5, 5.41) is 8.94. The maximum Gasteiger partial charge on any atom is 0.417 e. The summed E-state index contributed by atoms with van der Waals surface area (Å²) in [6.07, 6.45) is -4.00. The van der Waals surface area contributed by atoms with Gasteiger partial charge in [-0.05, 0) is 50.2 Å². The summed E-state index contributed by atoms with van der Waals surface area (Å²) in [5.41, 5.74) is -1.82. The lowest BCUT2D eigenvalue weighted by Crippen LogP contribution is -2.47. The summed E-state index contributed by atoms with van der Waals surface area (Å²) in [7, 11) is -3.34. The van der Waals surface area contributed by atoms with Gasteiger partial charge in [0.1, 0.15) is 5.70 Å². The number of benzene rings is 1. The zero-order valence-electron chi connectivity index (χ0n) is 16.5. The van der Waals surface area contributed by atoms with Gasteiger partial charge in [-0.15, -0.1) is 0 Å². The zero-order chi connectivity index (χ0) is 23.1. The summed E-state index contributed by atoms with van der Waals surface area (Å²) in [5.74, 6) is -0.676. The minimum Gasteiger partial charge on any atom is -0.311 e. The number of amides is 1. The van der Waals surface area contributed by atoms with E-state index in [2.05, 4.69) is 6.58 Å². The largest absolute Gasteiger partial charge is 0.417 e. The molecule has 0 aliphatic carbocycles. The van der Waals surface area contributed by atoms with E-state index in [9.17, 15) is 26.4 Å². The molecular weight excluding hydrogens is 453 g/mol. The fraction of sp³-hybridized carbons (Fsp3) is 0.421. The first-order valence-electron chi connectivity index (χ1n) is 9.38. The van der Waals surface area contributed by atoms with Crippen LogP contribution in [0.3, 0.4) is 0 Å². The topological polar surface area (TPSA) is 84.7 Å². The third-order valence-corrected chi connectivity index (χ3v) is 7.63. The second-order valence-corrected chi connectivity index (χ2v) is 9.73. The van der Waals surface area contributed by atoms with Crippen LogP contribution in [0, 0.1) is 11.3 Å². The highest BCUT2D eigenvalue weighted by Crippen LogP contribution is 2.37. The lowest BCUT2D eigenvalue weighted by Gasteiger charge is -2.36. The highest BCUT2D eigenvalue weighted by Gasteiger charge is 2.44. The van der Waals surface area contributed by atoms with E-state index in [4.69, 9.17) is 17.5 Å². The molecule has 0 N–H and O–H groups in total. The molecule has 2 heterocycles. The van der Waals surface area contributed by atoms with Gasteiger partial charge < -0.3 is 4.90 Å². The van der Waals surface area contributed by atoms with Gasteiger partial charge in [0.2, 0.25) is 10.0 Å². The van der Waals surface area contributed by atoms with E-state index in [1.165, 1.54) is 21.3 Å². The van der Waals surface area contributed by atoms with Gasteiger partial charge in [-0.1, -0.05) is 6.58 Å². The third kappa shape index (κ3) is 4.17. The van der Waals surface area contributed by atoms with Crippen LogP contribution >= 0.6 is 12.2 Å². The number of thiocarbonyl (C=S) groups is 1. The number of hydrogen-bond donors (Lipinski definition) is 0. The minimum atomic E-state index is -4.78. The van der Waals surface area contributed by atoms with Crippen molar-refractivity contribution in [3.05, 3.63) is 41.6 Å². The Kier molecular flexibility index (Phi) is 6.14. The monoisotopic (exact) mass is 472 g/mol. The molecule has 3 rings (SSSR count). The molecule has 2 saturated heterocycles. The fourth-order valence-corrected chi connectivity index (χ4v) is 5.29. The number of carbonyl (C=O) groups excluding carboxylic acids is 1. The van der Waals surface area contributed by atoms with Crippen molar-refractivity contribution < 1.29 is 26.4 Å². The van der Waals surface area contributed by atoms with Gasteiger partial charge >= 0.3 is 6.18 Å². The molecule has 2 aliphatic rings. The Morgan fingerprint density at radius 1 is 1.29 bits per heavy atom. The number of sulfonamides is 1. The van der Waals surface area contributed by atoms with Crippen molar-refractivity contribution in [3.63, 3.8) is 0 Å². The van der Waals surface area contributed by atoms with Gasteiger partial charge in [-0.25, -0.2) is 12.7 Å². The average Bonchev–Trinajstić information content (AvgIpc) is 2.95. The van der Waals surface area contributed by atoms with Gasteiger partial charge in [0.05, 0.1) is 28.6 Å². The number of carbonyl (C=O) groups is 1. The average molecular weight is 473 g/mol. The molecule has 2 aliphatic heterocycles. The first-order valence-corrected chi connectivity index (χ1v) is 11.4. The highest BCUT2D eigenvalue weighted by molar-refractivity contribution is 7.89. The predicted octanol–water partition coefficient (Wildman–Crippen LogP) is 2.84. The molecule has 1 aromatic rings. The predicted molar refractivity (Wildman–Crippen MR) is 111 cm³/mol. The molecule has 1 aromatic carbocycles. The van der Waals surface area contributed by atoms with Gasteiger partial charge in [0, 0.05) is 19.1 Å². The van der Waals surface area contributed by atoms with Crippen LogP contribution in [0.5, 0.6) is 0 Å². The van der Waals surface area contributed by atoms with Crippen molar-refractivity contribution in [2.45, 2.75) is 32.0 Å². The second-order valence-electron chi connectivity index (χ2n) is 7.11. The third-order valence-electron chi connectivity index (χ3n) is 5.37. The SMILES string of the molecule is C=C1C(=O)N(c2ccc(C#N)c(C(F)(F)F)c2)C(=S)N1C1CCN(S(=O)(=O)CC)CC1. The van der Waals surface area contributed by atoms with E-state index in [0.29, 0.717) is 12.8 Å². The van der Waals surface area contributed by atoms with Crippen LogP contribution in [0.25, 0.3) is 0 Å². The molecule has 0 saturated carbocycles. The number of nitrogens with zero attached hydrogens (tertiary/aromatic N) is 4. The smallest absolute Gasteiger partial charge is 0.311 e. The van der Waals surface area contributed by atoms with Crippen molar-refractivity contribution in [2.75, 3.05) is 23.7 Å². The van der Waals surface area contributed by atoms with Gasteiger partial charge in [-0.2, -0.15) is 18.4 Å². The van der Waals surface area contributed by atoms with Crippen molar-refractivity contribution >= 4 is 38.9 Å². The molecule has 0 bridgehead atoms. The van der Waals surface area contributed by atoms with Crippen molar-refractivity contribution in [2.24, 2.45) is 0 Å². The maximum atomic E-state index is 13.3. The number of alkyl halides is 3. The van der Waals surface area contributed by atoms with E-state index < -0.39 is 33.2 Å². The Morgan fingerprint density at radius 3 is 2.42 bits per heavy atom. The van der Waals surface area contributed by atoms with Gasteiger partial charge in [-0.3, -0.25) is 9.69 Å². The molecule has 1 amide bonds. The lowest BCUT2D eigenvalue weighted by atomic mass is 10.1. The minimum absolute atomic E-state index is 0.0136. The van der Waals surface area contributed by atoms with E-state index in [-0.39, 0.29) is 41.4 Å². The Labute approximate surface area is 183 Å². The molecule has 0 spiro atoms. The Morgan fingerprint density at radius 2 is 1.90 bits per heavy atom. The Hall–Kier alpha value is -2.49. The zero-order valence-corrected chi connectivity index (χ0v) is 18.1. The summed E-state index contributed by atoms with van der Waals surface area (Å²) >= 11 is 5.39. The quantitative estimate of drug-likeness (QED) is 0.495. The van der Waals surface area contributed by atoms with Crippen molar-refractivity contribution in [1.29, 1.82) is 5.26 Å². The normalized spacial score (nSPS) is 19.3. The number of nitriles is 1. The summed E-state index contributed by atoms with van der Waals surface area (Å²) in [4.78, 5) is 15.2. The molecule has 0 radical (unpaired) electrons. The van der Waals surface area contributed by atoms with Crippen LogP contribution in [0.15, 0.2) is 30.5 Å². The molecule has 31 heavy (non-hydrogen) atoms. The molecule has 12 heteroatoms. The van der Waals surface area contributed by atoms with Crippen LogP contribution in [0.1, 0.15) is 30.9 Å². The number of rotatable bonds is 4. The molecule has 2 fully saturated rings. The van der Waals surface area contributed by atoms with E-state index in [0.717, 1.165) is 17.0 Å². The van der Waals surface area contributed by atoms with E-state index in [1.54, 1.807) is 6.92 Å². The summed E-state index contributed by atoms with van der Waals surface area (Å²) in [6.45, 7) is 5.80. The number of anilines is 1. The summed E-state index contributed by atoms with van der Waals surface area (Å²) < 4.78 is 65.5. The van der Waals surface area contributed by atoms with Crippen molar-refractivity contribution in [3.8, 4) is 6.07 Å². The molecule has 166 valence electrons. The second kappa shape index (κ2) is 8.22.